The Kier molecular flexibility index (Phi) is 6.02. The average molecular weight is 353 g/mol. The SMILES string of the molecule is Cc1ccccc1OCC(=O)OCC(=O)c1ccc(Cl)cc1Cl. The number of rotatable bonds is 6. The summed E-state index contributed by atoms with van der Waals surface area (Å²) in [6, 6.07) is 11.8. The molecule has 0 aliphatic carbocycles. The van der Waals surface area contributed by atoms with Crippen molar-refractivity contribution in [2.45, 2.75) is 6.92 Å². The highest BCUT2D eigenvalue weighted by Crippen LogP contribution is 2.21. The molecule has 4 nitrogen and oxygen atoms in total. The van der Waals surface area contributed by atoms with Gasteiger partial charge in [-0.1, -0.05) is 41.4 Å². The van der Waals surface area contributed by atoms with Crippen LogP contribution in [0.5, 0.6) is 5.75 Å². The van der Waals surface area contributed by atoms with E-state index >= 15 is 0 Å². The van der Waals surface area contributed by atoms with E-state index in [0.29, 0.717) is 10.8 Å². The van der Waals surface area contributed by atoms with E-state index in [2.05, 4.69) is 0 Å². The molecule has 2 aromatic rings. The fourth-order valence-corrected chi connectivity index (χ4v) is 2.35. The molecule has 0 spiro atoms. The molecule has 0 bridgehead atoms. The Hall–Kier alpha value is -2.04. The minimum Gasteiger partial charge on any atom is -0.482 e. The molecule has 0 saturated carbocycles. The van der Waals surface area contributed by atoms with Crippen LogP contribution in [0.15, 0.2) is 42.5 Å². The predicted molar refractivity (Wildman–Crippen MR) is 88.4 cm³/mol. The first-order chi connectivity index (χ1) is 11.0. The summed E-state index contributed by atoms with van der Waals surface area (Å²) in [5.74, 6) is -0.445. The van der Waals surface area contributed by atoms with Crippen LogP contribution in [-0.2, 0) is 9.53 Å². The topological polar surface area (TPSA) is 52.6 Å². The van der Waals surface area contributed by atoms with Crippen LogP contribution >= 0.6 is 23.2 Å². The largest absolute Gasteiger partial charge is 0.482 e. The van der Waals surface area contributed by atoms with Crippen molar-refractivity contribution < 1.29 is 19.1 Å². The number of para-hydroxylation sites is 1. The summed E-state index contributed by atoms with van der Waals surface area (Å²) in [5.41, 5.74) is 1.16. The van der Waals surface area contributed by atoms with Gasteiger partial charge in [0.25, 0.3) is 0 Å². The number of Topliss-reactive ketones (excluding diaryl/α,β-unsaturated/α-hetero) is 1. The average Bonchev–Trinajstić information content (AvgIpc) is 2.52. The van der Waals surface area contributed by atoms with E-state index in [0.717, 1.165) is 5.56 Å². The maximum absolute atomic E-state index is 12.0. The van der Waals surface area contributed by atoms with Crippen molar-refractivity contribution in [3.8, 4) is 5.75 Å². The molecular formula is C17H14Cl2O4. The van der Waals surface area contributed by atoms with Gasteiger partial charge in [0.15, 0.2) is 13.2 Å². The van der Waals surface area contributed by atoms with E-state index in [1.54, 1.807) is 18.2 Å². The van der Waals surface area contributed by atoms with Crippen molar-refractivity contribution in [3.05, 3.63) is 63.6 Å². The van der Waals surface area contributed by atoms with Crippen molar-refractivity contribution in [1.82, 2.24) is 0 Å². The fraction of sp³-hybridized carbons (Fsp3) is 0.176. The van der Waals surface area contributed by atoms with Gasteiger partial charge in [-0.15, -0.1) is 0 Å². The number of carbonyl (C=O) groups is 2. The second kappa shape index (κ2) is 7.99. The maximum Gasteiger partial charge on any atom is 0.344 e. The number of ether oxygens (including phenoxy) is 2. The molecule has 0 amide bonds. The molecule has 0 radical (unpaired) electrons. The highest BCUT2D eigenvalue weighted by molar-refractivity contribution is 6.36. The van der Waals surface area contributed by atoms with Crippen LogP contribution in [0.1, 0.15) is 15.9 Å². The second-order valence-electron chi connectivity index (χ2n) is 4.76. The lowest BCUT2D eigenvalue weighted by atomic mass is 10.1. The minimum absolute atomic E-state index is 0.217. The summed E-state index contributed by atoms with van der Waals surface area (Å²) in [7, 11) is 0. The lowest BCUT2D eigenvalue weighted by Crippen LogP contribution is -2.19. The molecule has 0 aliphatic rings. The summed E-state index contributed by atoms with van der Waals surface area (Å²) in [4.78, 5) is 23.6. The van der Waals surface area contributed by atoms with Crippen LogP contribution in [0.3, 0.4) is 0 Å². The molecule has 2 rings (SSSR count). The van der Waals surface area contributed by atoms with Crippen LogP contribution in [0.25, 0.3) is 0 Å². The van der Waals surface area contributed by atoms with Gasteiger partial charge in [0.2, 0.25) is 5.78 Å². The van der Waals surface area contributed by atoms with Crippen LogP contribution in [0.4, 0.5) is 0 Å². The van der Waals surface area contributed by atoms with Crippen molar-refractivity contribution in [2.75, 3.05) is 13.2 Å². The number of esters is 1. The van der Waals surface area contributed by atoms with Crippen molar-refractivity contribution >= 4 is 35.0 Å². The first-order valence-corrected chi connectivity index (χ1v) is 7.55. The molecular weight excluding hydrogens is 339 g/mol. The number of hydrogen-bond donors (Lipinski definition) is 0. The number of aryl methyl sites for hydroxylation is 1. The van der Waals surface area contributed by atoms with Crippen LogP contribution < -0.4 is 4.74 Å². The van der Waals surface area contributed by atoms with Gasteiger partial charge in [0, 0.05) is 10.6 Å². The molecule has 120 valence electrons. The zero-order chi connectivity index (χ0) is 16.8. The first kappa shape index (κ1) is 17.3. The lowest BCUT2D eigenvalue weighted by Gasteiger charge is -2.09. The third-order valence-electron chi connectivity index (χ3n) is 3.03. The van der Waals surface area contributed by atoms with E-state index in [4.69, 9.17) is 32.7 Å². The maximum atomic E-state index is 12.0. The quantitative estimate of drug-likeness (QED) is 0.579. The summed E-state index contributed by atoms with van der Waals surface area (Å²) < 4.78 is 10.2. The molecule has 0 fully saturated rings. The predicted octanol–water partition coefficient (Wildman–Crippen LogP) is 4.11. The van der Waals surface area contributed by atoms with Crippen molar-refractivity contribution in [3.63, 3.8) is 0 Å². The number of benzene rings is 2. The number of halogens is 2. The molecule has 2 aromatic carbocycles. The first-order valence-electron chi connectivity index (χ1n) is 6.79. The van der Waals surface area contributed by atoms with Crippen LogP contribution in [-0.4, -0.2) is 25.0 Å². The summed E-state index contributed by atoms with van der Waals surface area (Å²) >= 11 is 11.7. The van der Waals surface area contributed by atoms with Gasteiger partial charge >= 0.3 is 5.97 Å². The van der Waals surface area contributed by atoms with E-state index in [1.807, 2.05) is 19.1 Å². The van der Waals surface area contributed by atoms with E-state index in [1.165, 1.54) is 12.1 Å². The Labute approximate surface area is 143 Å². The number of ketones is 1. The molecule has 23 heavy (non-hydrogen) atoms. The van der Waals surface area contributed by atoms with E-state index in [-0.39, 0.29) is 17.2 Å². The van der Waals surface area contributed by atoms with E-state index in [9.17, 15) is 9.59 Å². The van der Waals surface area contributed by atoms with Crippen LogP contribution in [0.2, 0.25) is 10.0 Å². The molecule has 6 heteroatoms. The van der Waals surface area contributed by atoms with Gasteiger partial charge in [-0.2, -0.15) is 0 Å². The number of hydrogen-bond acceptors (Lipinski definition) is 4. The van der Waals surface area contributed by atoms with Gasteiger partial charge in [0.1, 0.15) is 5.75 Å². The highest BCUT2D eigenvalue weighted by Gasteiger charge is 2.14. The van der Waals surface area contributed by atoms with Crippen LogP contribution in [0, 0.1) is 6.92 Å². The third kappa shape index (κ3) is 4.98. The standard InChI is InChI=1S/C17H14Cl2O4/c1-11-4-2-3-5-16(11)22-10-17(21)23-9-15(20)13-7-6-12(18)8-14(13)19/h2-8H,9-10H2,1H3. The molecule has 0 N–H and O–H groups in total. The Balaban J connectivity index is 1.84. The third-order valence-corrected chi connectivity index (χ3v) is 3.58. The van der Waals surface area contributed by atoms with Gasteiger partial charge in [-0.05, 0) is 36.8 Å². The second-order valence-corrected chi connectivity index (χ2v) is 5.61. The summed E-state index contributed by atoms with van der Waals surface area (Å²) in [6.45, 7) is 1.19. The Bertz CT molecular complexity index is 728. The normalized spacial score (nSPS) is 10.2. The minimum atomic E-state index is -0.633. The van der Waals surface area contributed by atoms with Crippen molar-refractivity contribution in [1.29, 1.82) is 0 Å². The van der Waals surface area contributed by atoms with E-state index < -0.39 is 18.4 Å². The molecule has 0 unspecified atom stereocenters. The van der Waals surface area contributed by atoms with Gasteiger partial charge < -0.3 is 9.47 Å². The zero-order valence-corrected chi connectivity index (χ0v) is 13.9. The van der Waals surface area contributed by atoms with Gasteiger partial charge in [-0.25, -0.2) is 4.79 Å². The Morgan fingerprint density at radius 1 is 1.04 bits per heavy atom. The number of carbonyl (C=O) groups excluding carboxylic acids is 2. The smallest absolute Gasteiger partial charge is 0.344 e. The molecule has 0 heterocycles. The Morgan fingerprint density at radius 3 is 2.48 bits per heavy atom. The Morgan fingerprint density at radius 2 is 1.78 bits per heavy atom. The highest BCUT2D eigenvalue weighted by atomic mass is 35.5. The molecule has 0 aliphatic heterocycles. The molecule has 0 saturated heterocycles. The monoisotopic (exact) mass is 352 g/mol. The zero-order valence-electron chi connectivity index (χ0n) is 12.3. The summed E-state index contributed by atoms with van der Waals surface area (Å²) in [6.07, 6.45) is 0. The van der Waals surface area contributed by atoms with Gasteiger partial charge in [-0.3, -0.25) is 4.79 Å². The summed E-state index contributed by atoms with van der Waals surface area (Å²) in [5, 5.41) is 0.643. The van der Waals surface area contributed by atoms with Crippen molar-refractivity contribution in [2.24, 2.45) is 0 Å². The van der Waals surface area contributed by atoms with Gasteiger partial charge in [0.05, 0.1) is 5.02 Å². The fourth-order valence-electron chi connectivity index (χ4n) is 1.84. The molecule has 0 aromatic heterocycles. The lowest BCUT2D eigenvalue weighted by molar-refractivity contribution is -0.144. The molecule has 0 atom stereocenters.